The number of aromatic nitrogens is 4. The van der Waals surface area contributed by atoms with E-state index in [2.05, 4.69) is 54.0 Å². The Morgan fingerprint density at radius 3 is 2.29 bits per heavy atom. The van der Waals surface area contributed by atoms with Gasteiger partial charge in [0.2, 0.25) is 5.95 Å². The van der Waals surface area contributed by atoms with Crippen LogP contribution < -0.4 is 9.80 Å². The first-order chi connectivity index (χ1) is 16.6. The average molecular weight is 462 g/mol. The van der Waals surface area contributed by atoms with Crippen LogP contribution in [0.1, 0.15) is 17.6 Å². The summed E-state index contributed by atoms with van der Waals surface area (Å²) in [6.07, 6.45) is 4.46. The van der Waals surface area contributed by atoms with Gasteiger partial charge < -0.3 is 14.5 Å². The van der Waals surface area contributed by atoms with Crippen LogP contribution in [0.5, 0.6) is 0 Å². The summed E-state index contributed by atoms with van der Waals surface area (Å²) >= 11 is 0. The molecule has 1 unspecified atom stereocenters. The SMILES string of the molecule is Cc1cc(C)n(C(C=O)N2CCN(c3ccccc3-c3cnc(N4CCOCC4)nc3)CC2)n1. The average Bonchev–Trinajstić information content (AvgIpc) is 3.23. The number of aldehydes is 1. The number of carbonyl (C=O) groups is 1. The summed E-state index contributed by atoms with van der Waals surface area (Å²) < 4.78 is 7.26. The summed E-state index contributed by atoms with van der Waals surface area (Å²) in [5.41, 5.74) is 5.22. The predicted octanol–water partition coefficient (Wildman–Crippen LogP) is 2.31. The number of aryl methyl sites for hydroxylation is 2. The van der Waals surface area contributed by atoms with Crippen LogP contribution in [0.25, 0.3) is 11.1 Å². The number of hydrogen-bond acceptors (Lipinski definition) is 8. The van der Waals surface area contributed by atoms with Crippen LogP contribution in [-0.2, 0) is 9.53 Å². The quantitative estimate of drug-likeness (QED) is 0.518. The summed E-state index contributed by atoms with van der Waals surface area (Å²) in [4.78, 5) is 28.0. The van der Waals surface area contributed by atoms with Crippen LogP contribution in [0.3, 0.4) is 0 Å². The highest BCUT2D eigenvalue weighted by Gasteiger charge is 2.27. The molecule has 4 heterocycles. The molecule has 1 atom stereocenters. The molecule has 2 fully saturated rings. The lowest BCUT2D eigenvalue weighted by Gasteiger charge is -2.39. The number of morpholine rings is 1. The van der Waals surface area contributed by atoms with E-state index in [1.165, 1.54) is 5.69 Å². The fourth-order valence-electron chi connectivity index (χ4n) is 4.82. The van der Waals surface area contributed by atoms with Crippen molar-refractivity contribution in [2.24, 2.45) is 0 Å². The Morgan fingerprint density at radius 2 is 1.65 bits per heavy atom. The number of ether oxygens (including phenoxy) is 1. The zero-order chi connectivity index (χ0) is 23.5. The van der Waals surface area contributed by atoms with Gasteiger partial charge in [0.05, 0.1) is 18.9 Å². The number of nitrogens with zero attached hydrogens (tertiary/aromatic N) is 7. The van der Waals surface area contributed by atoms with E-state index in [9.17, 15) is 4.79 Å². The van der Waals surface area contributed by atoms with E-state index in [4.69, 9.17) is 4.74 Å². The maximum Gasteiger partial charge on any atom is 0.225 e. The summed E-state index contributed by atoms with van der Waals surface area (Å²) in [7, 11) is 0. The van der Waals surface area contributed by atoms with Crippen molar-refractivity contribution in [2.75, 3.05) is 62.3 Å². The first kappa shape index (κ1) is 22.5. The van der Waals surface area contributed by atoms with Gasteiger partial charge >= 0.3 is 0 Å². The van der Waals surface area contributed by atoms with Crippen molar-refractivity contribution in [3.63, 3.8) is 0 Å². The van der Waals surface area contributed by atoms with Crippen LogP contribution in [0.15, 0.2) is 42.7 Å². The fourth-order valence-corrected chi connectivity index (χ4v) is 4.82. The molecular formula is C25H31N7O2. The van der Waals surface area contributed by atoms with Crippen molar-refractivity contribution in [1.82, 2.24) is 24.6 Å². The monoisotopic (exact) mass is 461 g/mol. The van der Waals surface area contributed by atoms with Crippen molar-refractivity contribution >= 4 is 17.9 Å². The van der Waals surface area contributed by atoms with Crippen molar-refractivity contribution in [1.29, 1.82) is 0 Å². The number of anilines is 2. The highest BCUT2D eigenvalue weighted by Crippen LogP contribution is 2.31. The molecule has 0 bridgehead atoms. The van der Waals surface area contributed by atoms with Gasteiger partial charge in [0, 0.05) is 74.2 Å². The van der Waals surface area contributed by atoms with Crippen molar-refractivity contribution in [2.45, 2.75) is 20.0 Å². The van der Waals surface area contributed by atoms with Crippen LogP contribution in [0, 0.1) is 13.8 Å². The second-order valence-electron chi connectivity index (χ2n) is 8.83. The summed E-state index contributed by atoms with van der Waals surface area (Å²) in [6.45, 7) is 10.2. The minimum absolute atomic E-state index is 0.368. The van der Waals surface area contributed by atoms with Gasteiger partial charge in [-0.25, -0.2) is 14.6 Å². The molecule has 3 aromatic rings. The molecule has 1 aromatic carbocycles. The molecule has 2 aliphatic rings. The Balaban J connectivity index is 1.30. The first-order valence-electron chi connectivity index (χ1n) is 11.9. The maximum atomic E-state index is 12.0. The molecule has 178 valence electrons. The molecule has 0 aliphatic carbocycles. The third kappa shape index (κ3) is 4.53. The number of hydrogen-bond donors (Lipinski definition) is 0. The zero-order valence-electron chi connectivity index (χ0n) is 19.8. The van der Waals surface area contributed by atoms with Crippen LogP contribution in [-0.4, -0.2) is 83.4 Å². The molecule has 5 rings (SSSR count). The standard InChI is InChI=1S/C25H31N7O2/c1-19-15-20(2)32(28-19)24(18-33)30-9-7-29(8-10-30)23-6-4-3-5-22(23)21-16-26-25(27-17-21)31-11-13-34-14-12-31/h3-6,15-18,24H,7-14H2,1-2H3. The van der Waals surface area contributed by atoms with E-state index in [1.807, 2.05) is 37.0 Å². The lowest BCUT2D eigenvalue weighted by Crippen LogP contribution is -2.49. The second-order valence-corrected chi connectivity index (χ2v) is 8.83. The molecule has 9 heteroatoms. The van der Waals surface area contributed by atoms with Gasteiger partial charge in [-0.1, -0.05) is 18.2 Å². The minimum atomic E-state index is -0.368. The Kier molecular flexibility index (Phi) is 6.55. The summed E-state index contributed by atoms with van der Waals surface area (Å²) in [6, 6.07) is 10.4. The lowest BCUT2D eigenvalue weighted by molar-refractivity contribution is -0.116. The second kappa shape index (κ2) is 9.90. The molecule has 2 aliphatic heterocycles. The molecule has 0 radical (unpaired) electrons. The van der Waals surface area contributed by atoms with Gasteiger partial charge in [-0.3, -0.25) is 9.69 Å². The third-order valence-corrected chi connectivity index (χ3v) is 6.59. The number of benzene rings is 1. The topological polar surface area (TPSA) is 79.6 Å². The van der Waals surface area contributed by atoms with Gasteiger partial charge in [0.15, 0.2) is 12.5 Å². The van der Waals surface area contributed by atoms with Gasteiger partial charge in [-0.15, -0.1) is 0 Å². The molecule has 34 heavy (non-hydrogen) atoms. The Hall–Kier alpha value is -3.30. The molecule has 9 nitrogen and oxygen atoms in total. The van der Waals surface area contributed by atoms with Gasteiger partial charge in [-0.05, 0) is 26.0 Å². The molecule has 0 saturated carbocycles. The van der Waals surface area contributed by atoms with Crippen molar-refractivity contribution in [3.05, 3.63) is 54.1 Å². The van der Waals surface area contributed by atoms with Crippen molar-refractivity contribution in [3.8, 4) is 11.1 Å². The number of piperazine rings is 1. The maximum absolute atomic E-state index is 12.0. The predicted molar refractivity (Wildman–Crippen MR) is 131 cm³/mol. The van der Waals surface area contributed by atoms with E-state index in [1.54, 1.807) is 0 Å². The molecule has 0 amide bonds. The fraction of sp³-hybridized carbons (Fsp3) is 0.440. The largest absolute Gasteiger partial charge is 0.378 e. The van der Waals surface area contributed by atoms with Crippen LogP contribution >= 0.6 is 0 Å². The van der Waals surface area contributed by atoms with Crippen LogP contribution in [0.4, 0.5) is 11.6 Å². The highest BCUT2D eigenvalue weighted by molar-refractivity contribution is 5.78. The van der Waals surface area contributed by atoms with E-state index in [0.29, 0.717) is 13.2 Å². The lowest BCUT2D eigenvalue weighted by atomic mass is 10.1. The number of para-hydroxylation sites is 1. The van der Waals surface area contributed by atoms with E-state index >= 15 is 0 Å². The Morgan fingerprint density at radius 1 is 0.941 bits per heavy atom. The first-order valence-corrected chi connectivity index (χ1v) is 11.9. The molecule has 0 spiro atoms. The van der Waals surface area contributed by atoms with Crippen molar-refractivity contribution < 1.29 is 9.53 Å². The van der Waals surface area contributed by atoms with E-state index in [0.717, 1.165) is 74.0 Å². The van der Waals surface area contributed by atoms with Gasteiger partial charge in [0.1, 0.15) is 0 Å². The van der Waals surface area contributed by atoms with E-state index in [-0.39, 0.29) is 6.17 Å². The Labute approximate surface area is 200 Å². The van der Waals surface area contributed by atoms with Crippen LogP contribution in [0.2, 0.25) is 0 Å². The van der Waals surface area contributed by atoms with Gasteiger partial charge in [0.25, 0.3) is 0 Å². The third-order valence-electron chi connectivity index (χ3n) is 6.59. The van der Waals surface area contributed by atoms with E-state index < -0.39 is 0 Å². The smallest absolute Gasteiger partial charge is 0.225 e. The Bertz CT molecular complexity index is 1120. The minimum Gasteiger partial charge on any atom is -0.378 e. The molecule has 2 aromatic heterocycles. The number of carbonyl (C=O) groups excluding carboxylic acids is 1. The zero-order valence-corrected chi connectivity index (χ0v) is 19.8. The molecule has 2 saturated heterocycles. The van der Waals surface area contributed by atoms with Gasteiger partial charge in [-0.2, -0.15) is 5.10 Å². The normalized spacial score (nSPS) is 18.2. The summed E-state index contributed by atoms with van der Waals surface area (Å²) in [5.74, 6) is 0.752. The number of rotatable bonds is 6. The molecule has 0 N–H and O–H groups in total. The summed E-state index contributed by atoms with van der Waals surface area (Å²) in [5, 5.41) is 4.53. The molecular weight excluding hydrogens is 430 g/mol. The highest BCUT2D eigenvalue weighted by atomic mass is 16.5.